The zero-order chi connectivity index (χ0) is 15.9. The lowest BCUT2D eigenvalue weighted by molar-refractivity contribution is -0.131. The van der Waals surface area contributed by atoms with Crippen molar-refractivity contribution in [3.8, 4) is 0 Å². The number of fused-ring (bicyclic) bond motifs is 1. The highest BCUT2D eigenvalue weighted by atomic mass is 16.2. The van der Waals surface area contributed by atoms with Gasteiger partial charge in [-0.25, -0.2) is 0 Å². The van der Waals surface area contributed by atoms with Crippen LogP contribution >= 0.6 is 0 Å². The summed E-state index contributed by atoms with van der Waals surface area (Å²) < 4.78 is 0. The number of benzene rings is 2. The maximum absolute atomic E-state index is 12.8. The van der Waals surface area contributed by atoms with Crippen LogP contribution in [0.25, 0.3) is 10.8 Å². The van der Waals surface area contributed by atoms with Gasteiger partial charge in [0.1, 0.15) is 0 Å². The molecule has 0 saturated carbocycles. The Morgan fingerprint density at radius 2 is 1.77 bits per heavy atom. The third-order valence-electron chi connectivity index (χ3n) is 4.12. The lowest BCUT2D eigenvalue weighted by atomic mass is 9.92. The molecule has 2 aromatic rings. The summed E-state index contributed by atoms with van der Waals surface area (Å²) in [6.07, 6.45) is 0. The number of nitrogens with zero attached hydrogens (tertiary/aromatic N) is 1. The van der Waals surface area contributed by atoms with Gasteiger partial charge in [0.25, 0.3) is 0 Å². The summed E-state index contributed by atoms with van der Waals surface area (Å²) in [5.74, 6) is -2.27. The van der Waals surface area contributed by atoms with Crippen molar-refractivity contribution in [1.29, 1.82) is 0 Å². The summed E-state index contributed by atoms with van der Waals surface area (Å²) in [5.41, 5.74) is 0.440. The fraction of sp³-hybridized carbons (Fsp3) is 0.278. The van der Waals surface area contributed by atoms with E-state index in [0.717, 1.165) is 10.8 Å². The molecular formula is C18H17NO3. The van der Waals surface area contributed by atoms with E-state index < -0.39 is 11.7 Å². The van der Waals surface area contributed by atoms with Crippen LogP contribution in [0.5, 0.6) is 0 Å². The second kappa shape index (κ2) is 5.37. The number of carbonyl (C=O) groups excluding carboxylic acids is 3. The van der Waals surface area contributed by atoms with Crippen molar-refractivity contribution in [2.75, 3.05) is 6.54 Å². The molecule has 0 N–H and O–H groups in total. The van der Waals surface area contributed by atoms with Crippen LogP contribution < -0.4 is 0 Å². The molecule has 1 saturated heterocycles. The Morgan fingerprint density at radius 3 is 2.45 bits per heavy atom. The zero-order valence-corrected chi connectivity index (χ0v) is 12.6. The molecule has 22 heavy (non-hydrogen) atoms. The summed E-state index contributed by atoms with van der Waals surface area (Å²) in [6.45, 7) is 3.71. The molecule has 1 aliphatic rings. The van der Waals surface area contributed by atoms with Crippen molar-refractivity contribution in [1.82, 2.24) is 4.90 Å². The maximum Gasteiger partial charge on any atom is 0.241 e. The number of hydrogen-bond acceptors (Lipinski definition) is 3. The Labute approximate surface area is 128 Å². The van der Waals surface area contributed by atoms with Gasteiger partial charge in [-0.1, -0.05) is 42.5 Å². The van der Waals surface area contributed by atoms with Crippen LogP contribution in [-0.4, -0.2) is 35.0 Å². The van der Waals surface area contributed by atoms with Gasteiger partial charge in [0.15, 0.2) is 17.5 Å². The first-order chi connectivity index (χ1) is 10.5. The number of carbonyl (C=O) groups is 3. The number of amides is 1. The average molecular weight is 295 g/mol. The molecule has 4 heteroatoms. The highest BCUT2D eigenvalue weighted by molar-refractivity contribution is 6.29. The number of Topliss-reactive ketones (excluding diaryl/α,β-unsaturated/α-hetero) is 2. The molecule has 1 aliphatic heterocycles. The fourth-order valence-electron chi connectivity index (χ4n) is 2.93. The van der Waals surface area contributed by atoms with Gasteiger partial charge in [-0.15, -0.1) is 0 Å². The predicted molar refractivity (Wildman–Crippen MR) is 83.6 cm³/mol. The largest absolute Gasteiger partial charge is 0.332 e. The number of hydrogen-bond donors (Lipinski definition) is 0. The molecule has 0 aromatic heterocycles. The van der Waals surface area contributed by atoms with Crippen LogP contribution in [0.1, 0.15) is 24.2 Å². The van der Waals surface area contributed by atoms with Crippen molar-refractivity contribution in [3.63, 3.8) is 0 Å². The van der Waals surface area contributed by atoms with Crippen molar-refractivity contribution in [3.05, 3.63) is 48.0 Å². The first-order valence-corrected chi connectivity index (χ1v) is 7.36. The monoisotopic (exact) mass is 295 g/mol. The summed E-state index contributed by atoms with van der Waals surface area (Å²) in [6, 6.07) is 12.8. The van der Waals surface area contributed by atoms with Crippen LogP contribution in [-0.2, 0) is 9.59 Å². The van der Waals surface area contributed by atoms with Gasteiger partial charge in [0, 0.05) is 11.6 Å². The van der Waals surface area contributed by atoms with Crippen molar-refractivity contribution in [2.24, 2.45) is 5.92 Å². The van der Waals surface area contributed by atoms with Crippen molar-refractivity contribution >= 4 is 28.2 Å². The minimum absolute atomic E-state index is 0.0255. The Bertz CT molecular complexity index is 774. The number of rotatable bonds is 3. The molecule has 0 radical (unpaired) electrons. The molecule has 0 bridgehead atoms. The zero-order valence-electron chi connectivity index (χ0n) is 12.6. The van der Waals surface area contributed by atoms with E-state index in [1.54, 1.807) is 12.1 Å². The average Bonchev–Trinajstić information content (AvgIpc) is 2.81. The van der Waals surface area contributed by atoms with Crippen LogP contribution in [0.4, 0.5) is 0 Å². The number of likely N-dealkylation sites (tertiary alicyclic amines) is 1. The van der Waals surface area contributed by atoms with E-state index in [9.17, 15) is 14.4 Å². The predicted octanol–water partition coefficient (Wildman–Crippen LogP) is 2.46. The van der Waals surface area contributed by atoms with E-state index in [4.69, 9.17) is 0 Å². The van der Waals surface area contributed by atoms with Crippen LogP contribution in [0.2, 0.25) is 0 Å². The lowest BCUT2D eigenvalue weighted by Gasteiger charge is -2.19. The van der Waals surface area contributed by atoms with E-state index in [2.05, 4.69) is 0 Å². The lowest BCUT2D eigenvalue weighted by Crippen LogP contribution is -2.35. The van der Waals surface area contributed by atoms with Gasteiger partial charge in [-0.2, -0.15) is 0 Å². The van der Waals surface area contributed by atoms with E-state index in [0.29, 0.717) is 5.56 Å². The van der Waals surface area contributed by atoms with Gasteiger partial charge in [-0.05, 0) is 24.6 Å². The Hall–Kier alpha value is -2.49. The molecule has 112 valence electrons. The second-order valence-corrected chi connectivity index (χ2v) is 5.85. The first-order valence-electron chi connectivity index (χ1n) is 7.36. The first kappa shape index (κ1) is 14.4. The molecule has 1 fully saturated rings. The molecule has 3 rings (SSSR count). The quantitative estimate of drug-likeness (QED) is 0.645. The maximum atomic E-state index is 12.8. The minimum Gasteiger partial charge on any atom is -0.332 e. The van der Waals surface area contributed by atoms with Gasteiger partial charge >= 0.3 is 0 Å². The van der Waals surface area contributed by atoms with E-state index in [-0.39, 0.29) is 24.3 Å². The normalized spacial score (nSPS) is 18.5. The topological polar surface area (TPSA) is 54.5 Å². The summed E-state index contributed by atoms with van der Waals surface area (Å²) in [7, 11) is 0. The SMILES string of the molecule is CC(C)N1CC(=O)C(C(=O)c2cccc3ccccc23)C1=O. The van der Waals surface area contributed by atoms with Crippen molar-refractivity contribution in [2.45, 2.75) is 19.9 Å². The highest BCUT2D eigenvalue weighted by Gasteiger charge is 2.45. The summed E-state index contributed by atoms with van der Waals surface area (Å²) >= 11 is 0. The third-order valence-corrected chi connectivity index (χ3v) is 4.12. The molecular weight excluding hydrogens is 278 g/mol. The molecule has 0 aliphatic carbocycles. The summed E-state index contributed by atoms with van der Waals surface area (Å²) in [4.78, 5) is 38.8. The van der Waals surface area contributed by atoms with Gasteiger partial charge in [0.2, 0.25) is 5.91 Å². The Kier molecular flexibility index (Phi) is 3.53. The Balaban J connectivity index is 2.03. The van der Waals surface area contributed by atoms with Gasteiger partial charge < -0.3 is 4.90 Å². The second-order valence-electron chi connectivity index (χ2n) is 5.85. The highest BCUT2D eigenvalue weighted by Crippen LogP contribution is 2.26. The van der Waals surface area contributed by atoms with Crippen LogP contribution in [0, 0.1) is 5.92 Å². The standard InChI is InChI=1S/C18H17NO3/c1-11(2)19-10-15(20)16(18(19)22)17(21)14-9-5-7-12-6-3-4-8-13(12)14/h3-9,11,16H,10H2,1-2H3. The molecule has 1 heterocycles. The molecule has 0 spiro atoms. The fourth-order valence-corrected chi connectivity index (χ4v) is 2.93. The smallest absolute Gasteiger partial charge is 0.241 e. The van der Waals surface area contributed by atoms with E-state index in [1.165, 1.54) is 4.90 Å². The van der Waals surface area contributed by atoms with Gasteiger partial charge in [-0.3, -0.25) is 14.4 Å². The molecule has 1 unspecified atom stereocenters. The molecule has 1 amide bonds. The third kappa shape index (κ3) is 2.21. The van der Waals surface area contributed by atoms with E-state index >= 15 is 0 Å². The van der Waals surface area contributed by atoms with Gasteiger partial charge in [0.05, 0.1) is 6.54 Å². The molecule has 4 nitrogen and oxygen atoms in total. The Morgan fingerprint density at radius 1 is 1.09 bits per heavy atom. The van der Waals surface area contributed by atoms with Crippen molar-refractivity contribution < 1.29 is 14.4 Å². The molecule has 1 atom stereocenters. The van der Waals surface area contributed by atoms with E-state index in [1.807, 2.05) is 44.2 Å². The minimum atomic E-state index is -1.19. The number of ketones is 2. The molecule has 2 aromatic carbocycles. The van der Waals surface area contributed by atoms with Crippen LogP contribution in [0.3, 0.4) is 0 Å². The van der Waals surface area contributed by atoms with Crippen LogP contribution in [0.15, 0.2) is 42.5 Å². The summed E-state index contributed by atoms with van der Waals surface area (Å²) in [5, 5.41) is 1.70.